The van der Waals surface area contributed by atoms with Crippen molar-refractivity contribution in [3.8, 4) is 0 Å². The molecule has 1 fully saturated rings. The van der Waals surface area contributed by atoms with Gasteiger partial charge in [-0.05, 0) is 26.3 Å². The Morgan fingerprint density at radius 1 is 1.27 bits per heavy atom. The van der Waals surface area contributed by atoms with Crippen molar-refractivity contribution >= 4 is 9.84 Å². The number of nitrogens with one attached hydrogen (secondary N) is 1. The van der Waals surface area contributed by atoms with Crippen LogP contribution in [0, 0.1) is 0 Å². The van der Waals surface area contributed by atoms with Crippen LogP contribution < -0.4 is 5.32 Å². The van der Waals surface area contributed by atoms with E-state index in [9.17, 15) is 8.42 Å². The molecule has 90 valence electrons. The molecule has 0 saturated heterocycles. The minimum Gasteiger partial charge on any atom is -0.316 e. The molecule has 0 heterocycles. The molecule has 2 atom stereocenters. The fourth-order valence-electron chi connectivity index (χ4n) is 2.35. The highest BCUT2D eigenvalue weighted by Gasteiger charge is 2.33. The molecule has 0 amide bonds. The van der Waals surface area contributed by atoms with E-state index in [1.165, 1.54) is 0 Å². The summed E-state index contributed by atoms with van der Waals surface area (Å²) in [5.74, 6) is 0.367. The molecule has 0 aromatic heterocycles. The molecule has 2 unspecified atom stereocenters. The summed E-state index contributed by atoms with van der Waals surface area (Å²) in [6, 6.07) is 0.181. The van der Waals surface area contributed by atoms with Gasteiger partial charge in [-0.1, -0.05) is 26.2 Å². The second kappa shape index (κ2) is 5.85. The predicted molar refractivity (Wildman–Crippen MR) is 63.8 cm³/mol. The van der Waals surface area contributed by atoms with Gasteiger partial charge in [0.15, 0.2) is 9.84 Å². The SMILES string of the molecule is CCCCS(=O)(=O)C1CCCCC1NC. The molecule has 1 rings (SSSR count). The van der Waals surface area contributed by atoms with Gasteiger partial charge in [-0.3, -0.25) is 0 Å². The second-order valence-electron chi connectivity index (χ2n) is 4.44. The summed E-state index contributed by atoms with van der Waals surface area (Å²) in [6.07, 6.45) is 5.83. The lowest BCUT2D eigenvalue weighted by Gasteiger charge is -2.30. The highest BCUT2D eigenvalue weighted by Crippen LogP contribution is 2.25. The Morgan fingerprint density at radius 3 is 2.53 bits per heavy atom. The summed E-state index contributed by atoms with van der Waals surface area (Å²) in [4.78, 5) is 0. The van der Waals surface area contributed by atoms with E-state index < -0.39 is 9.84 Å². The van der Waals surface area contributed by atoms with Crippen LogP contribution in [0.1, 0.15) is 45.4 Å². The summed E-state index contributed by atoms with van der Waals surface area (Å²) in [5.41, 5.74) is 0. The van der Waals surface area contributed by atoms with Crippen molar-refractivity contribution in [2.75, 3.05) is 12.8 Å². The predicted octanol–water partition coefficient (Wildman–Crippen LogP) is 1.73. The zero-order valence-corrected chi connectivity index (χ0v) is 10.6. The quantitative estimate of drug-likeness (QED) is 0.786. The molecule has 3 nitrogen and oxygen atoms in total. The third-order valence-electron chi connectivity index (χ3n) is 3.32. The molecular formula is C11H23NO2S. The standard InChI is InChI=1S/C11H23NO2S/c1-3-4-9-15(13,14)11-8-6-5-7-10(11)12-2/h10-12H,3-9H2,1-2H3. The molecule has 1 saturated carbocycles. The second-order valence-corrected chi connectivity index (χ2v) is 6.78. The minimum absolute atomic E-state index is 0.136. The van der Waals surface area contributed by atoms with Gasteiger partial charge in [0.25, 0.3) is 0 Å². The van der Waals surface area contributed by atoms with E-state index >= 15 is 0 Å². The lowest BCUT2D eigenvalue weighted by atomic mass is 9.95. The van der Waals surface area contributed by atoms with Crippen molar-refractivity contribution in [2.45, 2.75) is 56.7 Å². The van der Waals surface area contributed by atoms with Crippen LogP contribution in [0.15, 0.2) is 0 Å². The van der Waals surface area contributed by atoms with E-state index in [-0.39, 0.29) is 11.3 Å². The summed E-state index contributed by atoms with van der Waals surface area (Å²) >= 11 is 0. The Hall–Kier alpha value is -0.0900. The van der Waals surface area contributed by atoms with E-state index in [2.05, 4.69) is 5.32 Å². The van der Waals surface area contributed by atoms with Gasteiger partial charge in [0.1, 0.15) is 0 Å². The maximum atomic E-state index is 12.1. The van der Waals surface area contributed by atoms with E-state index in [1.54, 1.807) is 0 Å². The Labute approximate surface area is 93.6 Å². The molecular weight excluding hydrogens is 210 g/mol. The Bertz CT molecular complexity index is 274. The first-order valence-electron chi connectivity index (χ1n) is 6.00. The van der Waals surface area contributed by atoms with Crippen LogP contribution in [0.5, 0.6) is 0 Å². The monoisotopic (exact) mass is 233 g/mol. The number of hydrogen-bond acceptors (Lipinski definition) is 3. The Kier molecular flexibility index (Phi) is 5.06. The summed E-state index contributed by atoms with van der Waals surface area (Å²) in [6.45, 7) is 2.03. The first kappa shape index (κ1) is 13.0. The fraction of sp³-hybridized carbons (Fsp3) is 1.00. The Balaban J connectivity index is 2.65. The molecule has 15 heavy (non-hydrogen) atoms. The van der Waals surface area contributed by atoms with Crippen molar-refractivity contribution in [1.82, 2.24) is 5.32 Å². The van der Waals surface area contributed by atoms with Crippen molar-refractivity contribution in [3.05, 3.63) is 0 Å². The highest BCUT2D eigenvalue weighted by molar-refractivity contribution is 7.92. The van der Waals surface area contributed by atoms with E-state index in [0.29, 0.717) is 5.75 Å². The number of hydrogen-bond donors (Lipinski definition) is 1. The average molecular weight is 233 g/mol. The molecule has 4 heteroatoms. The van der Waals surface area contributed by atoms with Gasteiger partial charge in [0.05, 0.1) is 11.0 Å². The molecule has 0 radical (unpaired) electrons. The average Bonchev–Trinajstić information content (AvgIpc) is 2.26. The first-order chi connectivity index (χ1) is 7.11. The molecule has 0 aliphatic heterocycles. The van der Waals surface area contributed by atoms with Crippen LogP contribution in [-0.2, 0) is 9.84 Å². The number of rotatable bonds is 5. The maximum Gasteiger partial charge on any atom is 0.154 e. The van der Waals surface area contributed by atoms with Crippen molar-refractivity contribution in [2.24, 2.45) is 0 Å². The molecule has 0 aromatic carbocycles. The topological polar surface area (TPSA) is 46.2 Å². The van der Waals surface area contributed by atoms with E-state index in [4.69, 9.17) is 0 Å². The van der Waals surface area contributed by atoms with Gasteiger partial charge < -0.3 is 5.32 Å². The first-order valence-corrected chi connectivity index (χ1v) is 7.72. The van der Waals surface area contributed by atoms with Crippen molar-refractivity contribution < 1.29 is 8.42 Å². The summed E-state index contributed by atoms with van der Waals surface area (Å²) in [5, 5.41) is 3.02. The largest absolute Gasteiger partial charge is 0.316 e. The van der Waals surface area contributed by atoms with Gasteiger partial charge in [-0.15, -0.1) is 0 Å². The van der Waals surface area contributed by atoms with Crippen LogP contribution in [0.3, 0.4) is 0 Å². The summed E-state index contributed by atoms with van der Waals surface area (Å²) < 4.78 is 24.1. The third kappa shape index (κ3) is 3.45. The molecule has 1 aliphatic rings. The zero-order chi connectivity index (χ0) is 11.3. The van der Waals surface area contributed by atoms with Gasteiger partial charge in [-0.2, -0.15) is 0 Å². The zero-order valence-electron chi connectivity index (χ0n) is 9.83. The van der Waals surface area contributed by atoms with Crippen LogP contribution in [0.4, 0.5) is 0 Å². The van der Waals surface area contributed by atoms with Crippen LogP contribution in [0.25, 0.3) is 0 Å². The number of sulfone groups is 1. The van der Waals surface area contributed by atoms with Gasteiger partial charge in [0.2, 0.25) is 0 Å². The highest BCUT2D eigenvalue weighted by atomic mass is 32.2. The smallest absolute Gasteiger partial charge is 0.154 e. The van der Waals surface area contributed by atoms with Crippen LogP contribution in [-0.4, -0.2) is 32.5 Å². The van der Waals surface area contributed by atoms with E-state index in [1.807, 2.05) is 14.0 Å². The van der Waals surface area contributed by atoms with E-state index in [0.717, 1.165) is 38.5 Å². The minimum atomic E-state index is -2.87. The lowest BCUT2D eigenvalue weighted by molar-refractivity contribution is 0.389. The van der Waals surface area contributed by atoms with Gasteiger partial charge in [0, 0.05) is 6.04 Å². The van der Waals surface area contributed by atoms with Crippen LogP contribution in [0.2, 0.25) is 0 Å². The molecule has 1 N–H and O–H groups in total. The summed E-state index contributed by atoms with van der Waals surface area (Å²) in [7, 11) is -0.996. The Morgan fingerprint density at radius 2 is 1.93 bits per heavy atom. The van der Waals surface area contributed by atoms with Gasteiger partial charge in [-0.25, -0.2) is 8.42 Å². The maximum absolute atomic E-state index is 12.1. The molecule has 0 bridgehead atoms. The molecule has 0 spiro atoms. The normalized spacial score (nSPS) is 27.9. The van der Waals surface area contributed by atoms with Crippen molar-refractivity contribution in [1.29, 1.82) is 0 Å². The van der Waals surface area contributed by atoms with Gasteiger partial charge >= 0.3 is 0 Å². The number of unbranched alkanes of at least 4 members (excludes halogenated alkanes) is 1. The van der Waals surface area contributed by atoms with Crippen LogP contribution >= 0.6 is 0 Å². The van der Waals surface area contributed by atoms with Crippen molar-refractivity contribution in [3.63, 3.8) is 0 Å². The molecule has 0 aromatic rings. The lowest BCUT2D eigenvalue weighted by Crippen LogP contribution is -2.45. The third-order valence-corrected chi connectivity index (χ3v) is 5.66. The molecule has 1 aliphatic carbocycles. The fourth-order valence-corrected chi connectivity index (χ4v) is 4.65.